The second-order valence-electron chi connectivity index (χ2n) is 7.03. The first kappa shape index (κ1) is 15.4. The number of aromatic nitrogens is 2. The summed E-state index contributed by atoms with van der Waals surface area (Å²) in [7, 11) is 2.06. The van der Waals surface area contributed by atoms with Crippen molar-refractivity contribution in [3.05, 3.63) is 39.3 Å². The third kappa shape index (κ3) is 3.52. The molecule has 0 radical (unpaired) electrons. The highest BCUT2D eigenvalue weighted by Gasteiger charge is 2.29. The van der Waals surface area contributed by atoms with Crippen LogP contribution in [0.1, 0.15) is 39.8 Å². The molecule has 1 aliphatic carbocycles. The third-order valence-corrected chi connectivity index (χ3v) is 5.92. The van der Waals surface area contributed by atoms with Crippen molar-refractivity contribution in [1.29, 1.82) is 0 Å². The summed E-state index contributed by atoms with van der Waals surface area (Å²) in [5.74, 6) is 1.28. The fraction of sp³-hybridized carbons (Fsp3) is 0.611. The topological polar surface area (TPSA) is 30.3 Å². The SMILES string of the molecule is Cc1ccc(CN2Cc3c(cnn3C)[C@H](COCC3CC3)C2)s1. The zero-order valence-corrected chi connectivity index (χ0v) is 14.8. The van der Waals surface area contributed by atoms with E-state index in [9.17, 15) is 0 Å². The van der Waals surface area contributed by atoms with E-state index in [0.29, 0.717) is 5.92 Å². The molecule has 0 N–H and O–H groups in total. The van der Waals surface area contributed by atoms with Crippen molar-refractivity contribution in [3.63, 3.8) is 0 Å². The van der Waals surface area contributed by atoms with E-state index in [1.807, 2.05) is 22.2 Å². The van der Waals surface area contributed by atoms with E-state index in [1.54, 1.807) is 0 Å². The largest absolute Gasteiger partial charge is 0.380 e. The highest BCUT2D eigenvalue weighted by Crippen LogP contribution is 2.32. The van der Waals surface area contributed by atoms with Crippen LogP contribution in [0.15, 0.2) is 18.3 Å². The van der Waals surface area contributed by atoms with Crippen LogP contribution in [0.4, 0.5) is 0 Å². The molecular formula is C18H25N3OS. The molecule has 2 aliphatic rings. The summed E-state index contributed by atoms with van der Waals surface area (Å²) in [5, 5.41) is 4.49. The number of nitrogens with zero attached hydrogens (tertiary/aromatic N) is 3. The molecule has 0 saturated heterocycles. The van der Waals surface area contributed by atoms with Crippen LogP contribution >= 0.6 is 11.3 Å². The minimum atomic E-state index is 0.451. The molecule has 1 fully saturated rings. The van der Waals surface area contributed by atoms with Gasteiger partial charge in [-0.15, -0.1) is 11.3 Å². The summed E-state index contributed by atoms with van der Waals surface area (Å²) in [5.41, 5.74) is 2.74. The zero-order chi connectivity index (χ0) is 15.8. The quantitative estimate of drug-likeness (QED) is 0.813. The van der Waals surface area contributed by atoms with Crippen LogP contribution in [-0.4, -0.2) is 34.4 Å². The Morgan fingerprint density at radius 1 is 1.30 bits per heavy atom. The lowest BCUT2D eigenvalue weighted by Crippen LogP contribution is -2.35. The Labute approximate surface area is 142 Å². The van der Waals surface area contributed by atoms with E-state index in [0.717, 1.165) is 38.8 Å². The lowest BCUT2D eigenvalue weighted by Gasteiger charge is -2.32. The van der Waals surface area contributed by atoms with Crippen LogP contribution in [-0.2, 0) is 24.9 Å². The normalized spacial score (nSPS) is 21.6. The van der Waals surface area contributed by atoms with Crippen molar-refractivity contribution in [2.24, 2.45) is 13.0 Å². The van der Waals surface area contributed by atoms with Gasteiger partial charge in [-0.05, 0) is 37.8 Å². The van der Waals surface area contributed by atoms with Gasteiger partial charge in [-0.1, -0.05) is 0 Å². The molecule has 1 atom stereocenters. The monoisotopic (exact) mass is 331 g/mol. The Morgan fingerprint density at radius 3 is 2.91 bits per heavy atom. The number of fused-ring (bicyclic) bond motifs is 1. The van der Waals surface area contributed by atoms with Crippen molar-refractivity contribution in [1.82, 2.24) is 14.7 Å². The van der Waals surface area contributed by atoms with Gasteiger partial charge in [0, 0.05) is 54.5 Å². The van der Waals surface area contributed by atoms with E-state index >= 15 is 0 Å². The van der Waals surface area contributed by atoms with Gasteiger partial charge >= 0.3 is 0 Å². The molecule has 1 saturated carbocycles. The second kappa shape index (κ2) is 6.38. The Kier molecular flexibility index (Phi) is 4.26. The van der Waals surface area contributed by atoms with Crippen LogP contribution in [0.3, 0.4) is 0 Å². The Hall–Kier alpha value is -1.17. The predicted octanol–water partition coefficient (Wildman–Crippen LogP) is 3.32. The second-order valence-corrected chi connectivity index (χ2v) is 8.40. The number of aryl methyl sites for hydroxylation is 2. The summed E-state index contributed by atoms with van der Waals surface area (Å²) in [4.78, 5) is 5.38. The van der Waals surface area contributed by atoms with Crippen molar-refractivity contribution < 1.29 is 4.74 Å². The van der Waals surface area contributed by atoms with Gasteiger partial charge in [0.1, 0.15) is 0 Å². The van der Waals surface area contributed by atoms with Crippen LogP contribution < -0.4 is 0 Å². The smallest absolute Gasteiger partial charge is 0.0557 e. The molecule has 5 heteroatoms. The highest BCUT2D eigenvalue weighted by molar-refractivity contribution is 7.11. The minimum absolute atomic E-state index is 0.451. The molecule has 2 aromatic heterocycles. The first-order valence-corrected chi connectivity index (χ1v) is 9.37. The minimum Gasteiger partial charge on any atom is -0.380 e. The molecular weight excluding hydrogens is 306 g/mol. The van der Waals surface area contributed by atoms with E-state index in [2.05, 4.69) is 36.1 Å². The first-order chi connectivity index (χ1) is 11.2. The van der Waals surface area contributed by atoms with Gasteiger partial charge in [0.2, 0.25) is 0 Å². The molecule has 0 spiro atoms. The van der Waals surface area contributed by atoms with Gasteiger partial charge in [0.15, 0.2) is 0 Å². The summed E-state index contributed by atoms with van der Waals surface area (Å²) in [6, 6.07) is 4.48. The zero-order valence-electron chi connectivity index (χ0n) is 14.0. The van der Waals surface area contributed by atoms with Gasteiger partial charge < -0.3 is 4.74 Å². The fourth-order valence-corrected chi connectivity index (χ4v) is 4.35. The Balaban J connectivity index is 1.46. The third-order valence-electron chi connectivity index (χ3n) is 4.93. The summed E-state index contributed by atoms with van der Waals surface area (Å²) in [6.07, 6.45) is 4.76. The number of hydrogen-bond donors (Lipinski definition) is 0. The molecule has 4 rings (SSSR count). The highest BCUT2D eigenvalue weighted by atomic mass is 32.1. The molecule has 124 valence electrons. The number of thiophene rings is 1. The van der Waals surface area contributed by atoms with Gasteiger partial charge in [-0.25, -0.2) is 0 Å². The standard InChI is InChI=1S/C18H25N3OS/c1-13-3-6-16(23-13)9-21-8-15(12-22-11-14-4-5-14)17-7-19-20(2)18(17)10-21/h3,6-7,14-15H,4-5,8-12H2,1-2H3/t15-/m0/s1. The molecule has 0 bridgehead atoms. The molecule has 1 aliphatic heterocycles. The van der Waals surface area contributed by atoms with E-state index in [1.165, 1.54) is 33.9 Å². The molecule has 23 heavy (non-hydrogen) atoms. The summed E-state index contributed by atoms with van der Waals surface area (Å²) >= 11 is 1.90. The molecule has 0 unspecified atom stereocenters. The summed E-state index contributed by atoms with van der Waals surface area (Å²) in [6.45, 7) is 7.04. The molecule has 2 aromatic rings. The first-order valence-electron chi connectivity index (χ1n) is 8.55. The van der Waals surface area contributed by atoms with Crippen molar-refractivity contribution in [2.45, 2.75) is 38.8 Å². The average Bonchev–Trinajstić information content (AvgIpc) is 3.15. The van der Waals surface area contributed by atoms with E-state index in [-0.39, 0.29) is 0 Å². The van der Waals surface area contributed by atoms with Crippen molar-refractivity contribution in [2.75, 3.05) is 19.8 Å². The van der Waals surface area contributed by atoms with Crippen molar-refractivity contribution >= 4 is 11.3 Å². The Bertz CT molecular complexity index is 674. The maximum atomic E-state index is 6.00. The van der Waals surface area contributed by atoms with Gasteiger partial charge in [-0.3, -0.25) is 9.58 Å². The van der Waals surface area contributed by atoms with Crippen LogP contribution in [0, 0.1) is 12.8 Å². The number of hydrogen-bond acceptors (Lipinski definition) is 4. The van der Waals surface area contributed by atoms with Crippen LogP contribution in [0.25, 0.3) is 0 Å². The van der Waals surface area contributed by atoms with Gasteiger partial charge in [0.25, 0.3) is 0 Å². The van der Waals surface area contributed by atoms with Crippen LogP contribution in [0.5, 0.6) is 0 Å². The lowest BCUT2D eigenvalue weighted by molar-refractivity contribution is 0.0887. The van der Waals surface area contributed by atoms with Crippen LogP contribution in [0.2, 0.25) is 0 Å². The molecule has 3 heterocycles. The maximum absolute atomic E-state index is 6.00. The average molecular weight is 331 g/mol. The van der Waals surface area contributed by atoms with Gasteiger partial charge in [-0.2, -0.15) is 5.10 Å². The van der Waals surface area contributed by atoms with E-state index < -0.39 is 0 Å². The lowest BCUT2D eigenvalue weighted by atomic mass is 9.95. The molecule has 0 aromatic carbocycles. The Morgan fingerprint density at radius 2 is 2.17 bits per heavy atom. The number of rotatable bonds is 6. The fourth-order valence-electron chi connectivity index (χ4n) is 3.42. The summed E-state index contributed by atoms with van der Waals surface area (Å²) < 4.78 is 8.04. The molecule has 0 amide bonds. The predicted molar refractivity (Wildman–Crippen MR) is 92.7 cm³/mol. The van der Waals surface area contributed by atoms with Crippen molar-refractivity contribution in [3.8, 4) is 0 Å². The van der Waals surface area contributed by atoms with Gasteiger partial charge in [0.05, 0.1) is 18.5 Å². The van der Waals surface area contributed by atoms with E-state index in [4.69, 9.17) is 4.74 Å². The molecule has 4 nitrogen and oxygen atoms in total. The number of ether oxygens (including phenoxy) is 1. The maximum Gasteiger partial charge on any atom is 0.0557 e.